The van der Waals surface area contributed by atoms with Crippen molar-refractivity contribution in [1.29, 1.82) is 0 Å². The number of para-hydroxylation sites is 2. The number of ether oxygens (including phenoxy) is 2. The average Bonchev–Trinajstić information content (AvgIpc) is 3.10. The summed E-state index contributed by atoms with van der Waals surface area (Å²) in [6, 6.07) is 15.4. The van der Waals surface area contributed by atoms with Gasteiger partial charge in [-0.25, -0.2) is 0 Å². The van der Waals surface area contributed by atoms with Crippen molar-refractivity contribution in [2.45, 2.75) is 23.6 Å². The van der Waals surface area contributed by atoms with Gasteiger partial charge in [0, 0.05) is 17.3 Å². The van der Waals surface area contributed by atoms with Crippen LogP contribution in [-0.4, -0.2) is 21.4 Å². The molecule has 138 valence electrons. The molecule has 4 rings (SSSR count). The van der Waals surface area contributed by atoms with Crippen LogP contribution in [-0.2, 0) is 12.3 Å². The van der Waals surface area contributed by atoms with E-state index in [1.165, 1.54) is 5.56 Å². The Bertz CT molecular complexity index is 943. The predicted molar refractivity (Wildman–Crippen MR) is 107 cm³/mol. The summed E-state index contributed by atoms with van der Waals surface area (Å²) in [7, 11) is 0. The smallest absolute Gasteiger partial charge is 0.192 e. The first kappa shape index (κ1) is 17.9. The molecule has 2 aromatic carbocycles. The van der Waals surface area contributed by atoms with E-state index < -0.39 is 0 Å². The highest BCUT2D eigenvalue weighted by molar-refractivity contribution is 7.98. The van der Waals surface area contributed by atoms with Gasteiger partial charge in [0.25, 0.3) is 0 Å². The summed E-state index contributed by atoms with van der Waals surface area (Å²) < 4.78 is 13.9. The molecule has 0 amide bonds. The molecule has 1 aromatic heterocycles. The van der Waals surface area contributed by atoms with Crippen molar-refractivity contribution >= 4 is 23.4 Å². The first-order valence-corrected chi connectivity index (χ1v) is 9.90. The number of fused-ring (bicyclic) bond motifs is 1. The van der Waals surface area contributed by atoms with Crippen molar-refractivity contribution in [3.63, 3.8) is 0 Å². The maximum absolute atomic E-state index is 6.09. The van der Waals surface area contributed by atoms with Gasteiger partial charge < -0.3 is 9.47 Å². The fraction of sp³-hybridized carbons (Fsp3) is 0.200. The molecule has 27 heavy (non-hydrogen) atoms. The average molecular weight is 400 g/mol. The number of aromatic nitrogens is 3. The molecule has 0 spiro atoms. The normalized spacial score (nSPS) is 15.5. The van der Waals surface area contributed by atoms with Crippen LogP contribution in [0.2, 0.25) is 5.02 Å². The molecule has 0 aliphatic carbocycles. The third kappa shape index (κ3) is 3.96. The number of hydrogen-bond donors (Lipinski definition) is 0. The highest BCUT2D eigenvalue weighted by Gasteiger charge is 2.28. The molecule has 5 nitrogen and oxygen atoms in total. The maximum Gasteiger partial charge on any atom is 0.192 e. The van der Waals surface area contributed by atoms with Crippen molar-refractivity contribution in [2.75, 3.05) is 6.61 Å². The first-order valence-electron chi connectivity index (χ1n) is 8.54. The Morgan fingerprint density at radius 3 is 2.70 bits per heavy atom. The van der Waals surface area contributed by atoms with Crippen molar-refractivity contribution in [3.05, 3.63) is 77.6 Å². The lowest BCUT2D eigenvalue weighted by atomic mass is 10.2. The van der Waals surface area contributed by atoms with Crippen LogP contribution in [0.25, 0.3) is 0 Å². The topological polar surface area (TPSA) is 49.2 Å². The fourth-order valence-electron chi connectivity index (χ4n) is 2.82. The van der Waals surface area contributed by atoms with E-state index in [0.717, 1.165) is 33.3 Å². The van der Waals surface area contributed by atoms with Crippen LogP contribution in [0.15, 0.2) is 66.3 Å². The van der Waals surface area contributed by atoms with Crippen molar-refractivity contribution < 1.29 is 9.47 Å². The minimum Gasteiger partial charge on any atom is -0.485 e. The van der Waals surface area contributed by atoms with Crippen LogP contribution in [0, 0.1) is 0 Å². The van der Waals surface area contributed by atoms with Gasteiger partial charge in [0.15, 0.2) is 28.6 Å². The van der Waals surface area contributed by atoms with Gasteiger partial charge in [-0.05, 0) is 29.8 Å². The molecular weight excluding hydrogens is 382 g/mol. The third-order valence-electron chi connectivity index (χ3n) is 4.13. The van der Waals surface area contributed by atoms with E-state index in [2.05, 4.69) is 16.8 Å². The monoisotopic (exact) mass is 399 g/mol. The van der Waals surface area contributed by atoms with Gasteiger partial charge in [-0.2, -0.15) is 0 Å². The molecule has 7 heteroatoms. The highest BCUT2D eigenvalue weighted by Crippen LogP contribution is 2.36. The summed E-state index contributed by atoms with van der Waals surface area (Å²) in [4.78, 5) is 0. The van der Waals surface area contributed by atoms with E-state index in [4.69, 9.17) is 21.1 Å². The molecule has 0 saturated carbocycles. The molecule has 1 atom stereocenters. The van der Waals surface area contributed by atoms with E-state index in [-0.39, 0.29) is 6.10 Å². The summed E-state index contributed by atoms with van der Waals surface area (Å²) in [6.45, 7) is 4.86. The van der Waals surface area contributed by atoms with Gasteiger partial charge in [-0.1, -0.05) is 53.7 Å². The largest absolute Gasteiger partial charge is 0.485 e. The summed E-state index contributed by atoms with van der Waals surface area (Å²) in [5, 5.41) is 10.3. The summed E-state index contributed by atoms with van der Waals surface area (Å²) in [5.41, 5.74) is 1.17. The number of hydrogen-bond acceptors (Lipinski definition) is 5. The molecule has 0 fully saturated rings. The zero-order valence-corrected chi connectivity index (χ0v) is 16.1. The minimum absolute atomic E-state index is 0.308. The number of halogens is 1. The molecule has 1 aliphatic heterocycles. The molecule has 3 aromatic rings. The Kier molecular flexibility index (Phi) is 5.36. The Labute approximate surface area is 167 Å². The molecule has 0 bridgehead atoms. The zero-order chi connectivity index (χ0) is 18.6. The molecule has 0 saturated heterocycles. The second-order valence-electron chi connectivity index (χ2n) is 6.02. The molecule has 1 aliphatic rings. The van der Waals surface area contributed by atoms with Crippen molar-refractivity contribution in [3.8, 4) is 11.5 Å². The lowest BCUT2D eigenvalue weighted by Crippen LogP contribution is -2.25. The fourth-order valence-corrected chi connectivity index (χ4v) is 3.86. The molecular formula is C20H18ClN3O2S. The Balaban J connectivity index is 1.54. The Morgan fingerprint density at radius 1 is 1.15 bits per heavy atom. The van der Waals surface area contributed by atoms with E-state index >= 15 is 0 Å². The van der Waals surface area contributed by atoms with Gasteiger partial charge in [0.1, 0.15) is 6.61 Å². The number of benzene rings is 2. The van der Waals surface area contributed by atoms with E-state index in [0.29, 0.717) is 13.2 Å². The Morgan fingerprint density at radius 2 is 1.93 bits per heavy atom. The van der Waals surface area contributed by atoms with Crippen LogP contribution in [0.4, 0.5) is 0 Å². The standard InChI is InChI=1S/C20H18ClN3O2S/c1-2-11-24-19(18-12-25-16-5-3-4-6-17(16)26-18)22-23-20(24)27-13-14-7-9-15(21)10-8-14/h2-10,18H,1,11-13H2. The van der Waals surface area contributed by atoms with Crippen LogP contribution < -0.4 is 9.47 Å². The lowest BCUT2D eigenvalue weighted by Gasteiger charge is -2.26. The quantitative estimate of drug-likeness (QED) is 0.435. The number of rotatable bonds is 6. The van der Waals surface area contributed by atoms with Crippen LogP contribution in [0.1, 0.15) is 17.5 Å². The zero-order valence-electron chi connectivity index (χ0n) is 14.5. The number of thioether (sulfide) groups is 1. The van der Waals surface area contributed by atoms with Crippen LogP contribution in [0.3, 0.4) is 0 Å². The van der Waals surface area contributed by atoms with Crippen molar-refractivity contribution in [1.82, 2.24) is 14.8 Å². The van der Waals surface area contributed by atoms with Gasteiger partial charge in [-0.15, -0.1) is 16.8 Å². The van der Waals surface area contributed by atoms with Crippen LogP contribution in [0.5, 0.6) is 11.5 Å². The molecule has 0 radical (unpaired) electrons. The molecule has 0 N–H and O–H groups in total. The summed E-state index contributed by atoms with van der Waals surface area (Å²) in [5.74, 6) is 2.98. The van der Waals surface area contributed by atoms with E-state index in [1.807, 2.05) is 59.2 Å². The van der Waals surface area contributed by atoms with Gasteiger partial charge >= 0.3 is 0 Å². The number of nitrogens with zero attached hydrogens (tertiary/aromatic N) is 3. The molecule has 1 unspecified atom stereocenters. The number of allylic oxidation sites excluding steroid dienone is 1. The second kappa shape index (κ2) is 8.06. The van der Waals surface area contributed by atoms with Crippen molar-refractivity contribution in [2.24, 2.45) is 0 Å². The summed E-state index contributed by atoms with van der Waals surface area (Å²) >= 11 is 7.57. The maximum atomic E-state index is 6.09. The van der Waals surface area contributed by atoms with Crippen LogP contribution >= 0.6 is 23.4 Å². The first-order chi connectivity index (χ1) is 13.2. The van der Waals surface area contributed by atoms with E-state index in [1.54, 1.807) is 11.8 Å². The minimum atomic E-state index is -0.308. The van der Waals surface area contributed by atoms with Gasteiger partial charge in [0.2, 0.25) is 0 Å². The summed E-state index contributed by atoms with van der Waals surface area (Å²) in [6.07, 6.45) is 1.52. The van der Waals surface area contributed by atoms with E-state index in [9.17, 15) is 0 Å². The Hall–Kier alpha value is -2.44. The second-order valence-corrected chi connectivity index (χ2v) is 7.40. The van der Waals surface area contributed by atoms with Gasteiger partial charge in [0.05, 0.1) is 0 Å². The third-order valence-corrected chi connectivity index (χ3v) is 5.42. The van der Waals surface area contributed by atoms with Gasteiger partial charge in [-0.3, -0.25) is 4.57 Å². The SMILES string of the molecule is C=CCn1c(SCc2ccc(Cl)cc2)nnc1C1COc2ccccc2O1. The highest BCUT2D eigenvalue weighted by atomic mass is 35.5. The molecule has 2 heterocycles. The predicted octanol–water partition coefficient (Wildman–Crippen LogP) is 4.92. The lowest BCUT2D eigenvalue weighted by molar-refractivity contribution is 0.0821.